The van der Waals surface area contributed by atoms with E-state index in [0.717, 1.165) is 11.5 Å². The summed E-state index contributed by atoms with van der Waals surface area (Å²) in [5.41, 5.74) is 1.18. The van der Waals surface area contributed by atoms with Crippen molar-refractivity contribution in [3.8, 4) is 11.5 Å². The number of rotatable bonds is 6. The number of ether oxygens (including phenoxy) is 2. The lowest BCUT2D eigenvalue weighted by atomic mass is 10.2. The van der Waals surface area contributed by atoms with Crippen molar-refractivity contribution >= 4 is 0 Å². The van der Waals surface area contributed by atoms with Crippen LogP contribution >= 0.6 is 0 Å². The van der Waals surface area contributed by atoms with Crippen LogP contribution in [-0.4, -0.2) is 24.4 Å². The molecular weight excluding hydrogens is 240 g/mol. The van der Waals surface area contributed by atoms with Gasteiger partial charge in [-0.15, -0.1) is 0 Å². The maximum Gasteiger partial charge on any atom is 0.122 e. The first-order valence-corrected chi connectivity index (χ1v) is 6.29. The van der Waals surface area contributed by atoms with Crippen LogP contribution in [0.2, 0.25) is 0 Å². The second kappa shape index (κ2) is 6.81. The van der Waals surface area contributed by atoms with E-state index < -0.39 is 6.10 Å². The van der Waals surface area contributed by atoms with Crippen LogP contribution in [0.25, 0.3) is 0 Å². The fourth-order valence-corrected chi connectivity index (χ4v) is 1.58. The first-order valence-electron chi connectivity index (χ1n) is 6.29. The highest BCUT2D eigenvalue weighted by atomic mass is 16.5. The maximum atomic E-state index is 9.78. The zero-order chi connectivity index (χ0) is 13.5. The predicted molar refractivity (Wildman–Crippen MR) is 74.6 cm³/mol. The topological polar surface area (TPSA) is 38.7 Å². The average Bonchev–Trinajstić information content (AvgIpc) is 2.45. The minimum Gasteiger partial charge on any atom is -0.491 e. The van der Waals surface area contributed by atoms with Crippen molar-refractivity contribution in [1.29, 1.82) is 0 Å². The van der Waals surface area contributed by atoms with Crippen LogP contribution in [0.1, 0.15) is 5.56 Å². The van der Waals surface area contributed by atoms with Crippen molar-refractivity contribution in [3.63, 3.8) is 0 Å². The highest BCUT2D eigenvalue weighted by molar-refractivity contribution is 5.26. The molecule has 0 aromatic heterocycles. The Kier molecular flexibility index (Phi) is 4.81. The Hall–Kier alpha value is -2.00. The van der Waals surface area contributed by atoms with Crippen LogP contribution in [0.3, 0.4) is 0 Å². The number of aliphatic hydroxyl groups excluding tert-OH is 1. The normalized spacial score (nSPS) is 11.9. The minimum atomic E-state index is -0.651. The van der Waals surface area contributed by atoms with E-state index in [4.69, 9.17) is 9.47 Å². The molecule has 3 heteroatoms. The third-order valence-electron chi connectivity index (χ3n) is 2.65. The Balaban J connectivity index is 1.72. The SMILES string of the molecule is Cc1ccc(OCC(O)COc2ccccc2)cc1. The summed E-state index contributed by atoms with van der Waals surface area (Å²) in [4.78, 5) is 0. The van der Waals surface area contributed by atoms with Crippen molar-refractivity contribution in [2.75, 3.05) is 13.2 Å². The van der Waals surface area contributed by atoms with Crippen LogP contribution in [-0.2, 0) is 0 Å². The second-order valence-corrected chi connectivity index (χ2v) is 4.40. The number of aliphatic hydroxyl groups is 1. The fourth-order valence-electron chi connectivity index (χ4n) is 1.58. The van der Waals surface area contributed by atoms with Gasteiger partial charge in [0.2, 0.25) is 0 Å². The molecule has 0 heterocycles. The van der Waals surface area contributed by atoms with E-state index in [0.29, 0.717) is 0 Å². The Morgan fingerprint density at radius 1 is 0.842 bits per heavy atom. The van der Waals surface area contributed by atoms with Gasteiger partial charge in [0.1, 0.15) is 30.8 Å². The van der Waals surface area contributed by atoms with E-state index in [1.54, 1.807) is 0 Å². The van der Waals surface area contributed by atoms with Crippen LogP contribution in [0.5, 0.6) is 11.5 Å². The third-order valence-corrected chi connectivity index (χ3v) is 2.65. The molecule has 1 N–H and O–H groups in total. The molecule has 0 amide bonds. The van der Waals surface area contributed by atoms with Crippen LogP contribution in [0, 0.1) is 6.92 Å². The largest absolute Gasteiger partial charge is 0.491 e. The molecule has 100 valence electrons. The molecule has 19 heavy (non-hydrogen) atoms. The first-order chi connectivity index (χ1) is 9.24. The molecule has 0 radical (unpaired) electrons. The number of hydrogen-bond acceptors (Lipinski definition) is 3. The van der Waals surface area contributed by atoms with Crippen molar-refractivity contribution < 1.29 is 14.6 Å². The molecule has 0 fully saturated rings. The van der Waals surface area contributed by atoms with Gasteiger partial charge in [0.15, 0.2) is 0 Å². The van der Waals surface area contributed by atoms with Gasteiger partial charge in [-0.2, -0.15) is 0 Å². The summed E-state index contributed by atoms with van der Waals surface area (Å²) in [5.74, 6) is 1.50. The molecule has 0 saturated carbocycles. The molecule has 2 aromatic carbocycles. The van der Waals surface area contributed by atoms with Crippen molar-refractivity contribution in [2.45, 2.75) is 13.0 Å². The molecule has 2 rings (SSSR count). The van der Waals surface area contributed by atoms with Crippen LogP contribution in [0.15, 0.2) is 54.6 Å². The highest BCUT2D eigenvalue weighted by Crippen LogP contribution is 2.12. The third kappa shape index (κ3) is 4.64. The molecular formula is C16H18O3. The molecule has 0 saturated heterocycles. The molecule has 1 atom stereocenters. The number of aryl methyl sites for hydroxylation is 1. The maximum absolute atomic E-state index is 9.78. The van der Waals surface area contributed by atoms with Gasteiger partial charge in [0.25, 0.3) is 0 Å². The van der Waals surface area contributed by atoms with Gasteiger partial charge >= 0.3 is 0 Å². The summed E-state index contributed by atoms with van der Waals surface area (Å²) in [5, 5.41) is 9.78. The summed E-state index contributed by atoms with van der Waals surface area (Å²) in [6.45, 7) is 2.46. The molecule has 0 aliphatic rings. The number of hydrogen-bond donors (Lipinski definition) is 1. The van der Waals surface area contributed by atoms with E-state index in [2.05, 4.69) is 0 Å². The zero-order valence-electron chi connectivity index (χ0n) is 11.0. The molecule has 0 bridgehead atoms. The fraction of sp³-hybridized carbons (Fsp3) is 0.250. The quantitative estimate of drug-likeness (QED) is 0.866. The Morgan fingerprint density at radius 3 is 1.95 bits per heavy atom. The second-order valence-electron chi connectivity index (χ2n) is 4.40. The molecule has 1 unspecified atom stereocenters. The van der Waals surface area contributed by atoms with Gasteiger partial charge in [0.05, 0.1) is 0 Å². The molecule has 0 aliphatic carbocycles. The number of benzene rings is 2. The van der Waals surface area contributed by atoms with Gasteiger partial charge in [-0.3, -0.25) is 0 Å². The molecule has 2 aromatic rings. The molecule has 0 spiro atoms. The monoisotopic (exact) mass is 258 g/mol. The van der Waals surface area contributed by atoms with E-state index in [1.165, 1.54) is 5.56 Å². The van der Waals surface area contributed by atoms with Crippen LogP contribution < -0.4 is 9.47 Å². The van der Waals surface area contributed by atoms with E-state index in [9.17, 15) is 5.11 Å². The summed E-state index contributed by atoms with van der Waals surface area (Å²) in [7, 11) is 0. The lowest BCUT2D eigenvalue weighted by Gasteiger charge is -2.13. The lowest BCUT2D eigenvalue weighted by Crippen LogP contribution is -2.25. The van der Waals surface area contributed by atoms with E-state index in [1.807, 2.05) is 61.5 Å². The highest BCUT2D eigenvalue weighted by Gasteiger charge is 2.06. The average molecular weight is 258 g/mol. The van der Waals surface area contributed by atoms with Gasteiger partial charge in [-0.05, 0) is 31.2 Å². The first kappa shape index (κ1) is 13.4. The van der Waals surface area contributed by atoms with Gasteiger partial charge in [-0.1, -0.05) is 35.9 Å². The van der Waals surface area contributed by atoms with Crippen molar-refractivity contribution in [2.24, 2.45) is 0 Å². The summed E-state index contributed by atoms with van der Waals surface area (Å²) in [6, 6.07) is 17.1. The smallest absolute Gasteiger partial charge is 0.122 e. The Labute approximate surface area is 113 Å². The number of para-hydroxylation sites is 1. The van der Waals surface area contributed by atoms with Gasteiger partial charge < -0.3 is 14.6 Å². The van der Waals surface area contributed by atoms with Crippen molar-refractivity contribution in [1.82, 2.24) is 0 Å². The zero-order valence-corrected chi connectivity index (χ0v) is 11.0. The Bertz CT molecular complexity index is 479. The Morgan fingerprint density at radius 2 is 1.37 bits per heavy atom. The molecule has 0 aliphatic heterocycles. The van der Waals surface area contributed by atoms with E-state index in [-0.39, 0.29) is 13.2 Å². The van der Waals surface area contributed by atoms with Crippen molar-refractivity contribution in [3.05, 3.63) is 60.2 Å². The minimum absolute atomic E-state index is 0.218. The van der Waals surface area contributed by atoms with Crippen LogP contribution in [0.4, 0.5) is 0 Å². The van der Waals surface area contributed by atoms with Gasteiger partial charge in [-0.25, -0.2) is 0 Å². The summed E-state index contributed by atoms with van der Waals surface area (Å²) >= 11 is 0. The predicted octanol–water partition coefficient (Wildman–Crippen LogP) is 2.81. The summed E-state index contributed by atoms with van der Waals surface area (Å²) in [6.07, 6.45) is -0.651. The standard InChI is InChI=1S/C16H18O3/c1-13-7-9-16(10-8-13)19-12-14(17)11-18-15-5-3-2-4-6-15/h2-10,14,17H,11-12H2,1H3. The van der Waals surface area contributed by atoms with E-state index >= 15 is 0 Å². The molecule has 3 nitrogen and oxygen atoms in total. The lowest BCUT2D eigenvalue weighted by molar-refractivity contribution is 0.0626. The van der Waals surface area contributed by atoms with Gasteiger partial charge in [0, 0.05) is 0 Å². The summed E-state index contributed by atoms with van der Waals surface area (Å²) < 4.78 is 10.9.